The monoisotopic (exact) mass is 299 g/mol. The van der Waals surface area contributed by atoms with Crippen molar-refractivity contribution in [2.45, 2.75) is 6.10 Å². The van der Waals surface area contributed by atoms with Crippen LogP contribution >= 0.6 is 0 Å². The van der Waals surface area contributed by atoms with Gasteiger partial charge in [0.2, 0.25) is 6.10 Å². The highest BCUT2D eigenvalue weighted by molar-refractivity contribution is 5.93. The second kappa shape index (κ2) is 6.76. The maximum absolute atomic E-state index is 12.3. The van der Waals surface area contributed by atoms with Crippen molar-refractivity contribution in [3.63, 3.8) is 0 Å². The third-order valence-electron chi connectivity index (χ3n) is 3.07. The molecule has 0 saturated heterocycles. The van der Waals surface area contributed by atoms with Gasteiger partial charge < -0.3 is 14.7 Å². The van der Waals surface area contributed by atoms with Crippen LogP contribution in [0.1, 0.15) is 22.0 Å². The number of carbonyl (C=O) groups excluding carboxylic acids is 2. The zero-order valence-electron chi connectivity index (χ0n) is 12.4. The Balaban J connectivity index is 2.27. The van der Waals surface area contributed by atoms with Gasteiger partial charge in [0.05, 0.1) is 5.56 Å². The van der Waals surface area contributed by atoms with Gasteiger partial charge >= 0.3 is 5.97 Å². The van der Waals surface area contributed by atoms with E-state index in [1.54, 1.807) is 38.4 Å². The predicted molar refractivity (Wildman–Crippen MR) is 81.4 cm³/mol. The molecule has 0 aliphatic heterocycles. The van der Waals surface area contributed by atoms with Gasteiger partial charge in [0, 0.05) is 19.7 Å². The number of phenols is 1. The van der Waals surface area contributed by atoms with Gasteiger partial charge in [-0.1, -0.05) is 36.4 Å². The minimum absolute atomic E-state index is 0.0374. The molecule has 5 heteroatoms. The fourth-order valence-electron chi connectivity index (χ4n) is 1.93. The van der Waals surface area contributed by atoms with Crippen molar-refractivity contribution in [2.75, 3.05) is 14.1 Å². The van der Waals surface area contributed by atoms with Gasteiger partial charge in [-0.2, -0.15) is 0 Å². The molecule has 0 heterocycles. The SMILES string of the molecule is CN(C)C(=O)[C@@H](OC(=O)c1cccc(O)c1)c1ccccc1. The van der Waals surface area contributed by atoms with Crippen molar-refractivity contribution in [3.05, 3.63) is 65.7 Å². The molecule has 2 rings (SSSR count). The molecule has 114 valence electrons. The fourth-order valence-corrected chi connectivity index (χ4v) is 1.93. The number of aromatic hydroxyl groups is 1. The maximum atomic E-state index is 12.3. The number of ether oxygens (including phenoxy) is 1. The Morgan fingerprint density at radius 3 is 2.32 bits per heavy atom. The molecule has 0 saturated carbocycles. The predicted octanol–water partition coefficient (Wildman–Crippen LogP) is 2.38. The molecule has 0 aliphatic rings. The molecule has 0 aromatic heterocycles. The average Bonchev–Trinajstić information content (AvgIpc) is 2.52. The number of benzene rings is 2. The standard InChI is InChI=1S/C17H17NO4/c1-18(2)16(20)15(12-7-4-3-5-8-12)22-17(21)13-9-6-10-14(19)11-13/h3-11,15,19H,1-2H3/t15-/m0/s1. The average molecular weight is 299 g/mol. The van der Waals surface area contributed by atoms with Gasteiger partial charge in [0.15, 0.2) is 0 Å². The first-order chi connectivity index (χ1) is 10.5. The van der Waals surface area contributed by atoms with E-state index in [0.29, 0.717) is 5.56 Å². The fraction of sp³-hybridized carbons (Fsp3) is 0.176. The van der Waals surface area contributed by atoms with Gasteiger partial charge in [0.1, 0.15) is 5.75 Å². The van der Waals surface area contributed by atoms with Crippen LogP contribution in [-0.2, 0) is 9.53 Å². The zero-order chi connectivity index (χ0) is 16.1. The molecule has 2 aromatic carbocycles. The van der Waals surface area contributed by atoms with Crippen molar-refractivity contribution in [2.24, 2.45) is 0 Å². The van der Waals surface area contributed by atoms with E-state index in [-0.39, 0.29) is 17.2 Å². The Morgan fingerprint density at radius 2 is 1.73 bits per heavy atom. The topological polar surface area (TPSA) is 66.8 Å². The van der Waals surface area contributed by atoms with Crippen LogP contribution in [0.4, 0.5) is 0 Å². The normalized spacial score (nSPS) is 11.5. The van der Waals surface area contributed by atoms with E-state index in [1.807, 2.05) is 6.07 Å². The summed E-state index contributed by atoms with van der Waals surface area (Å²) in [5, 5.41) is 9.43. The van der Waals surface area contributed by atoms with E-state index in [4.69, 9.17) is 4.74 Å². The summed E-state index contributed by atoms with van der Waals surface area (Å²) >= 11 is 0. The molecule has 0 unspecified atom stereocenters. The van der Waals surface area contributed by atoms with E-state index >= 15 is 0 Å². The lowest BCUT2D eigenvalue weighted by atomic mass is 10.1. The summed E-state index contributed by atoms with van der Waals surface area (Å²) in [4.78, 5) is 25.8. The van der Waals surface area contributed by atoms with Crippen LogP contribution in [0.3, 0.4) is 0 Å². The number of esters is 1. The van der Waals surface area contributed by atoms with Crippen LogP contribution in [0.25, 0.3) is 0 Å². The molecule has 0 aliphatic carbocycles. The molecule has 22 heavy (non-hydrogen) atoms. The van der Waals surface area contributed by atoms with E-state index in [9.17, 15) is 14.7 Å². The largest absolute Gasteiger partial charge is 0.508 e. The molecule has 1 amide bonds. The Morgan fingerprint density at radius 1 is 1.05 bits per heavy atom. The lowest BCUT2D eigenvalue weighted by Gasteiger charge is -2.21. The number of hydrogen-bond donors (Lipinski definition) is 1. The highest BCUT2D eigenvalue weighted by Gasteiger charge is 2.27. The molecular weight excluding hydrogens is 282 g/mol. The van der Waals surface area contributed by atoms with Crippen molar-refractivity contribution in [1.82, 2.24) is 4.90 Å². The Kier molecular flexibility index (Phi) is 4.78. The molecule has 1 N–H and O–H groups in total. The number of nitrogens with zero attached hydrogens (tertiary/aromatic N) is 1. The van der Waals surface area contributed by atoms with Gasteiger partial charge in [-0.15, -0.1) is 0 Å². The first-order valence-corrected chi connectivity index (χ1v) is 6.75. The van der Waals surface area contributed by atoms with Gasteiger partial charge in [0.25, 0.3) is 5.91 Å². The number of amides is 1. The van der Waals surface area contributed by atoms with E-state index in [0.717, 1.165) is 0 Å². The highest BCUT2D eigenvalue weighted by atomic mass is 16.5. The molecule has 1 atom stereocenters. The quantitative estimate of drug-likeness (QED) is 0.880. The number of phenolic OH excluding ortho intramolecular Hbond substituents is 1. The molecule has 0 fully saturated rings. The third-order valence-corrected chi connectivity index (χ3v) is 3.07. The van der Waals surface area contributed by atoms with Crippen molar-refractivity contribution in [3.8, 4) is 5.75 Å². The summed E-state index contributed by atoms with van der Waals surface area (Å²) in [5.41, 5.74) is 0.780. The Labute approximate surface area is 128 Å². The molecular formula is C17H17NO4. The molecule has 0 spiro atoms. The van der Waals surface area contributed by atoms with E-state index in [2.05, 4.69) is 0 Å². The molecule has 5 nitrogen and oxygen atoms in total. The molecule has 0 radical (unpaired) electrons. The smallest absolute Gasteiger partial charge is 0.339 e. The van der Waals surface area contributed by atoms with Crippen LogP contribution in [-0.4, -0.2) is 36.0 Å². The first-order valence-electron chi connectivity index (χ1n) is 6.75. The Hall–Kier alpha value is -2.82. The summed E-state index contributed by atoms with van der Waals surface area (Å²) in [6, 6.07) is 14.6. The number of hydrogen-bond acceptors (Lipinski definition) is 4. The van der Waals surface area contributed by atoms with Gasteiger partial charge in [-0.25, -0.2) is 4.79 Å². The zero-order valence-corrected chi connectivity index (χ0v) is 12.4. The van der Waals surface area contributed by atoms with E-state index in [1.165, 1.54) is 29.2 Å². The van der Waals surface area contributed by atoms with Gasteiger partial charge in [-0.3, -0.25) is 4.79 Å². The maximum Gasteiger partial charge on any atom is 0.339 e. The van der Waals surface area contributed by atoms with Crippen LogP contribution in [0.15, 0.2) is 54.6 Å². The summed E-state index contributed by atoms with van der Waals surface area (Å²) in [6.07, 6.45) is -1.02. The van der Waals surface area contributed by atoms with Crippen molar-refractivity contribution < 1.29 is 19.4 Å². The third kappa shape index (κ3) is 3.63. The van der Waals surface area contributed by atoms with Crippen molar-refractivity contribution in [1.29, 1.82) is 0 Å². The van der Waals surface area contributed by atoms with E-state index < -0.39 is 12.1 Å². The second-order valence-electron chi connectivity index (χ2n) is 4.98. The number of carbonyl (C=O) groups is 2. The Bertz CT molecular complexity index is 667. The lowest BCUT2D eigenvalue weighted by molar-refractivity contribution is -0.138. The summed E-state index contributed by atoms with van der Waals surface area (Å²) in [5.74, 6) is -1.04. The molecule has 2 aromatic rings. The van der Waals surface area contributed by atoms with Gasteiger partial charge in [-0.05, 0) is 18.2 Å². The summed E-state index contributed by atoms with van der Waals surface area (Å²) < 4.78 is 5.36. The van der Waals surface area contributed by atoms with Crippen LogP contribution < -0.4 is 0 Å². The van der Waals surface area contributed by atoms with Crippen LogP contribution in [0, 0.1) is 0 Å². The van der Waals surface area contributed by atoms with Crippen LogP contribution in [0.5, 0.6) is 5.75 Å². The van der Waals surface area contributed by atoms with Crippen LogP contribution in [0.2, 0.25) is 0 Å². The highest BCUT2D eigenvalue weighted by Crippen LogP contribution is 2.22. The minimum Gasteiger partial charge on any atom is -0.508 e. The lowest BCUT2D eigenvalue weighted by Crippen LogP contribution is -2.31. The molecule has 0 bridgehead atoms. The number of rotatable bonds is 4. The number of likely N-dealkylation sites (N-methyl/N-ethyl adjacent to an activating group) is 1. The minimum atomic E-state index is -1.02. The summed E-state index contributed by atoms with van der Waals surface area (Å²) in [6.45, 7) is 0. The summed E-state index contributed by atoms with van der Waals surface area (Å²) in [7, 11) is 3.20. The first kappa shape index (κ1) is 15.6. The second-order valence-corrected chi connectivity index (χ2v) is 4.98. The van der Waals surface area contributed by atoms with Crippen molar-refractivity contribution >= 4 is 11.9 Å².